The lowest BCUT2D eigenvalue weighted by Crippen LogP contribution is -2.35. The highest BCUT2D eigenvalue weighted by Gasteiger charge is 2.61. The third-order valence-electron chi connectivity index (χ3n) is 4.96. The van der Waals surface area contributed by atoms with E-state index in [2.05, 4.69) is 6.92 Å². The Morgan fingerprint density at radius 3 is 2.68 bits per heavy atom. The van der Waals surface area contributed by atoms with E-state index in [1.165, 1.54) is 38.5 Å². The van der Waals surface area contributed by atoms with Crippen LogP contribution < -0.4 is 0 Å². The summed E-state index contributed by atoms with van der Waals surface area (Å²) in [7, 11) is 0. The van der Waals surface area contributed by atoms with Gasteiger partial charge in [-0.15, -0.1) is 0 Å². The van der Waals surface area contributed by atoms with Crippen molar-refractivity contribution in [1.82, 2.24) is 0 Å². The third-order valence-corrected chi connectivity index (χ3v) is 4.96. The zero-order valence-corrected chi connectivity index (χ0v) is 13.1. The lowest BCUT2D eigenvalue weighted by atomic mass is 9.76. The normalized spacial score (nSPS) is 31.5. The predicted molar refractivity (Wildman–Crippen MR) is 77.9 cm³/mol. The maximum absolute atomic E-state index is 12.6. The Morgan fingerprint density at radius 2 is 2.11 bits per heavy atom. The van der Waals surface area contributed by atoms with Crippen molar-refractivity contribution in [2.75, 3.05) is 0 Å². The quantitative estimate of drug-likeness (QED) is 0.673. The molecule has 0 N–H and O–H groups in total. The summed E-state index contributed by atoms with van der Waals surface area (Å²) < 4.78 is 5.70. The van der Waals surface area contributed by atoms with Gasteiger partial charge in [0.1, 0.15) is 5.60 Å². The minimum atomic E-state index is -0.350. The average molecular weight is 266 g/mol. The van der Waals surface area contributed by atoms with E-state index in [9.17, 15) is 4.79 Å². The van der Waals surface area contributed by atoms with Gasteiger partial charge in [0.2, 0.25) is 0 Å². The van der Waals surface area contributed by atoms with Crippen LogP contribution in [0.1, 0.15) is 79.1 Å². The zero-order valence-electron chi connectivity index (χ0n) is 13.1. The summed E-state index contributed by atoms with van der Waals surface area (Å²) in [6, 6.07) is 0. The van der Waals surface area contributed by atoms with Crippen LogP contribution in [0, 0.1) is 17.3 Å². The third kappa shape index (κ3) is 3.32. The standard InChI is InChI=1S/C17H30O2/c1-5-6-10-14(15(18)19-16(2,3)4)17-11-8-7-9-13(17)12-17/h13-14H,5-12H2,1-4H3. The number of fused-ring (bicyclic) bond motifs is 1. The SMILES string of the molecule is CCCCC(C(=O)OC(C)(C)C)C12CCCCC1C2. The highest BCUT2D eigenvalue weighted by molar-refractivity contribution is 5.74. The molecule has 0 bridgehead atoms. The molecule has 2 rings (SSSR count). The van der Waals surface area contributed by atoms with Crippen molar-refractivity contribution in [2.24, 2.45) is 17.3 Å². The Bertz CT molecular complexity index is 329. The van der Waals surface area contributed by atoms with Gasteiger partial charge in [0.15, 0.2) is 0 Å². The first-order valence-corrected chi connectivity index (χ1v) is 8.12. The lowest BCUT2D eigenvalue weighted by molar-refractivity contribution is -0.163. The molecule has 3 unspecified atom stereocenters. The molecular formula is C17H30O2. The van der Waals surface area contributed by atoms with Gasteiger partial charge >= 0.3 is 5.97 Å². The first-order chi connectivity index (χ1) is 8.89. The van der Waals surface area contributed by atoms with Crippen molar-refractivity contribution in [3.63, 3.8) is 0 Å². The number of carbonyl (C=O) groups is 1. The van der Waals surface area contributed by atoms with Crippen LogP contribution in [0.2, 0.25) is 0 Å². The van der Waals surface area contributed by atoms with Crippen LogP contribution in [-0.4, -0.2) is 11.6 Å². The maximum atomic E-state index is 12.6. The van der Waals surface area contributed by atoms with E-state index in [1.54, 1.807) is 0 Å². The van der Waals surface area contributed by atoms with Gasteiger partial charge in [-0.1, -0.05) is 32.6 Å². The number of esters is 1. The van der Waals surface area contributed by atoms with E-state index in [1.807, 2.05) is 20.8 Å². The summed E-state index contributed by atoms with van der Waals surface area (Å²) in [6.45, 7) is 8.13. The second-order valence-electron chi connectivity index (χ2n) is 7.61. The smallest absolute Gasteiger partial charge is 0.310 e. The van der Waals surface area contributed by atoms with Gasteiger partial charge in [-0.2, -0.15) is 0 Å². The first kappa shape index (κ1) is 14.9. The first-order valence-electron chi connectivity index (χ1n) is 8.12. The number of rotatable bonds is 5. The summed E-state index contributed by atoms with van der Waals surface area (Å²) >= 11 is 0. The van der Waals surface area contributed by atoms with E-state index in [0.717, 1.165) is 18.8 Å². The molecule has 0 aliphatic heterocycles. The molecule has 0 heterocycles. The van der Waals surface area contributed by atoms with Crippen LogP contribution in [0.25, 0.3) is 0 Å². The number of hydrogen-bond acceptors (Lipinski definition) is 2. The summed E-state index contributed by atoms with van der Waals surface area (Å²) in [6.07, 6.45) is 9.89. The Morgan fingerprint density at radius 1 is 1.37 bits per heavy atom. The average Bonchev–Trinajstić information content (AvgIpc) is 3.02. The minimum absolute atomic E-state index is 0.0744. The van der Waals surface area contributed by atoms with E-state index < -0.39 is 0 Å². The molecule has 19 heavy (non-hydrogen) atoms. The van der Waals surface area contributed by atoms with Crippen LogP contribution in [-0.2, 0) is 9.53 Å². The van der Waals surface area contributed by atoms with E-state index in [-0.39, 0.29) is 17.5 Å². The molecule has 2 aliphatic carbocycles. The molecule has 0 aromatic rings. The largest absolute Gasteiger partial charge is 0.460 e. The number of unbranched alkanes of at least 4 members (excludes halogenated alkanes) is 1. The molecule has 2 nitrogen and oxygen atoms in total. The molecule has 2 heteroatoms. The molecule has 2 aliphatic rings. The van der Waals surface area contributed by atoms with Crippen molar-refractivity contribution in [1.29, 1.82) is 0 Å². The van der Waals surface area contributed by atoms with E-state index in [0.29, 0.717) is 5.41 Å². The van der Waals surface area contributed by atoms with Crippen molar-refractivity contribution >= 4 is 5.97 Å². The fraction of sp³-hybridized carbons (Fsp3) is 0.941. The summed E-state index contributed by atoms with van der Waals surface area (Å²) in [4.78, 5) is 12.6. The molecule has 0 aromatic carbocycles. The van der Waals surface area contributed by atoms with Crippen LogP contribution >= 0.6 is 0 Å². The molecule has 0 spiro atoms. The highest BCUT2D eigenvalue weighted by atomic mass is 16.6. The van der Waals surface area contributed by atoms with Crippen LogP contribution in [0.15, 0.2) is 0 Å². The lowest BCUT2D eigenvalue weighted by Gasteiger charge is -2.32. The second kappa shape index (κ2) is 5.46. The van der Waals surface area contributed by atoms with Crippen LogP contribution in [0.3, 0.4) is 0 Å². The van der Waals surface area contributed by atoms with Crippen LogP contribution in [0.5, 0.6) is 0 Å². The second-order valence-corrected chi connectivity index (χ2v) is 7.61. The Balaban J connectivity index is 2.06. The number of hydrogen-bond donors (Lipinski definition) is 0. The minimum Gasteiger partial charge on any atom is -0.460 e. The van der Waals surface area contributed by atoms with Gasteiger partial charge in [-0.25, -0.2) is 0 Å². The Labute approximate surface area is 118 Å². The molecule has 0 radical (unpaired) electrons. The van der Waals surface area contributed by atoms with Crippen molar-refractivity contribution in [3.8, 4) is 0 Å². The van der Waals surface area contributed by atoms with Crippen molar-refractivity contribution < 1.29 is 9.53 Å². The zero-order chi connectivity index (χ0) is 14.1. The molecule has 3 atom stereocenters. The molecule has 0 saturated heterocycles. The Kier molecular flexibility index (Phi) is 4.27. The fourth-order valence-electron chi connectivity index (χ4n) is 3.96. The van der Waals surface area contributed by atoms with Gasteiger partial charge < -0.3 is 4.74 Å². The highest BCUT2D eigenvalue weighted by Crippen LogP contribution is 2.66. The number of carbonyl (C=O) groups excluding carboxylic acids is 1. The monoisotopic (exact) mass is 266 g/mol. The summed E-state index contributed by atoms with van der Waals surface area (Å²) in [5.41, 5.74) is -0.0208. The summed E-state index contributed by atoms with van der Waals surface area (Å²) in [5.74, 6) is 1.05. The molecule has 0 aromatic heterocycles. The van der Waals surface area contributed by atoms with Gasteiger partial charge in [0, 0.05) is 0 Å². The van der Waals surface area contributed by atoms with Gasteiger partial charge in [0.05, 0.1) is 5.92 Å². The molecule has 2 saturated carbocycles. The molecule has 2 fully saturated rings. The topological polar surface area (TPSA) is 26.3 Å². The van der Waals surface area contributed by atoms with Gasteiger partial charge in [-0.3, -0.25) is 4.79 Å². The summed E-state index contributed by atoms with van der Waals surface area (Å²) in [5, 5.41) is 0. The maximum Gasteiger partial charge on any atom is 0.310 e. The van der Waals surface area contributed by atoms with E-state index in [4.69, 9.17) is 4.74 Å². The van der Waals surface area contributed by atoms with Crippen molar-refractivity contribution in [2.45, 2.75) is 84.7 Å². The predicted octanol–water partition coefficient (Wildman–Crippen LogP) is 4.71. The van der Waals surface area contributed by atoms with Crippen molar-refractivity contribution in [3.05, 3.63) is 0 Å². The molecule has 0 amide bonds. The molecular weight excluding hydrogens is 236 g/mol. The van der Waals surface area contributed by atoms with Gasteiger partial charge in [-0.05, 0) is 57.8 Å². The van der Waals surface area contributed by atoms with Gasteiger partial charge in [0.25, 0.3) is 0 Å². The fourth-order valence-corrected chi connectivity index (χ4v) is 3.96. The number of ether oxygens (including phenoxy) is 1. The van der Waals surface area contributed by atoms with E-state index >= 15 is 0 Å². The van der Waals surface area contributed by atoms with Crippen LogP contribution in [0.4, 0.5) is 0 Å². The molecule has 110 valence electrons. The Hall–Kier alpha value is -0.530.